The molecule has 3 aromatic carbocycles. The van der Waals surface area contributed by atoms with Crippen molar-refractivity contribution in [3.8, 4) is 16.9 Å². The topological polar surface area (TPSA) is 55.8 Å². The van der Waals surface area contributed by atoms with Crippen molar-refractivity contribution in [1.29, 1.82) is 0 Å². The van der Waals surface area contributed by atoms with Gasteiger partial charge in [0.2, 0.25) is 0 Å². The van der Waals surface area contributed by atoms with Gasteiger partial charge in [-0.3, -0.25) is 0 Å². The molecule has 1 saturated carbocycles. The van der Waals surface area contributed by atoms with Crippen LogP contribution in [-0.2, 0) is 9.53 Å². The van der Waals surface area contributed by atoms with Crippen LogP contribution in [-0.4, -0.2) is 23.8 Å². The van der Waals surface area contributed by atoms with E-state index in [2.05, 4.69) is 75.0 Å². The van der Waals surface area contributed by atoms with Crippen molar-refractivity contribution in [3.63, 3.8) is 0 Å². The summed E-state index contributed by atoms with van der Waals surface area (Å²) in [6, 6.07) is 23.6. The molecule has 3 aromatic rings. The van der Waals surface area contributed by atoms with E-state index in [-0.39, 0.29) is 30.7 Å². The Morgan fingerprint density at radius 1 is 1.00 bits per heavy atom. The van der Waals surface area contributed by atoms with Gasteiger partial charge in [-0.1, -0.05) is 85.7 Å². The van der Waals surface area contributed by atoms with Gasteiger partial charge in [-0.2, -0.15) is 0 Å². The van der Waals surface area contributed by atoms with Crippen LogP contribution in [0.5, 0.6) is 5.75 Å². The fourth-order valence-electron chi connectivity index (χ4n) is 6.79. The lowest BCUT2D eigenvalue weighted by Gasteiger charge is -2.45. The Hall–Kier alpha value is -3.37. The van der Waals surface area contributed by atoms with Gasteiger partial charge in [-0.15, -0.1) is 0 Å². The minimum absolute atomic E-state index is 0.0868. The number of carboxylic acid groups (broad SMARTS) is 1. The Balaban J connectivity index is 1.52. The highest BCUT2D eigenvalue weighted by Crippen LogP contribution is 2.52. The van der Waals surface area contributed by atoms with E-state index in [4.69, 9.17) is 9.47 Å². The highest BCUT2D eigenvalue weighted by molar-refractivity contribution is 5.68. The normalized spacial score (nSPS) is 23.5. The molecule has 0 aromatic heterocycles. The quantitative estimate of drug-likeness (QED) is 0.301. The van der Waals surface area contributed by atoms with Crippen LogP contribution >= 0.6 is 0 Å². The van der Waals surface area contributed by atoms with Gasteiger partial charge in [0.25, 0.3) is 0 Å². The fraction of sp³-hybridized carbons (Fsp3) is 0.400. The van der Waals surface area contributed by atoms with Crippen molar-refractivity contribution in [3.05, 3.63) is 101 Å². The van der Waals surface area contributed by atoms with Crippen LogP contribution in [0.4, 0.5) is 0 Å². The molecule has 0 unspecified atom stereocenters. The molecule has 1 aliphatic heterocycles. The van der Waals surface area contributed by atoms with Crippen molar-refractivity contribution in [2.24, 2.45) is 11.8 Å². The second-order valence-corrected chi connectivity index (χ2v) is 11.5. The van der Waals surface area contributed by atoms with E-state index in [1.165, 1.54) is 42.4 Å². The summed E-state index contributed by atoms with van der Waals surface area (Å²) in [6.07, 6.45) is 5.66. The van der Waals surface area contributed by atoms with Crippen LogP contribution in [0.3, 0.4) is 0 Å². The molecule has 0 spiro atoms. The van der Waals surface area contributed by atoms with E-state index in [9.17, 15) is 9.90 Å². The van der Waals surface area contributed by atoms with Crippen LogP contribution in [0.1, 0.15) is 73.3 Å². The fourth-order valence-corrected chi connectivity index (χ4v) is 6.79. The largest absolute Gasteiger partial charge is 0.482 e. The minimum atomic E-state index is -0.982. The second kappa shape index (κ2) is 11.8. The summed E-state index contributed by atoms with van der Waals surface area (Å²) in [6.45, 7) is 10.2. The molecule has 4 nitrogen and oxygen atoms in total. The molecular formula is C35H40O4. The number of hydrogen-bond acceptors (Lipinski definition) is 3. The summed E-state index contributed by atoms with van der Waals surface area (Å²) < 4.78 is 13.1. The van der Waals surface area contributed by atoms with Crippen LogP contribution < -0.4 is 4.74 Å². The van der Waals surface area contributed by atoms with E-state index in [1.54, 1.807) is 0 Å². The highest BCUT2D eigenvalue weighted by atomic mass is 16.5. The van der Waals surface area contributed by atoms with Gasteiger partial charge in [-0.25, -0.2) is 4.79 Å². The second-order valence-electron chi connectivity index (χ2n) is 11.5. The van der Waals surface area contributed by atoms with Gasteiger partial charge < -0.3 is 14.6 Å². The molecule has 0 amide bonds. The Kier molecular flexibility index (Phi) is 8.23. The summed E-state index contributed by atoms with van der Waals surface area (Å²) in [5, 5.41) is 9.32. The number of ether oxygens (including phenoxy) is 2. The van der Waals surface area contributed by atoms with Gasteiger partial charge in [0, 0.05) is 17.4 Å². The number of hydrogen-bond donors (Lipinski definition) is 1. The Morgan fingerprint density at radius 2 is 1.67 bits per heavy atom. The number of benzene rings is 3. The van der Waals surface area contributed by atoms with Crippen LogP contribution in [0, 0.1) is 25.7 Å². The molecule has 1 heterocycles. The molecule has 0 radical (unpaired) electrons. The van der Waals surface area contributed by atoms with Gasteiger partial charge in [0.1, 0.15) is 5.75 Å². The molecule has 0 bridgehead atoms. The van der Waals surface area contributed by atoms with Crippen LogP contribution in [0.2, 0.25) is 0 Å². The average Bonchev–Trinajstić information content (AvgIpc) is 3.47. The molecule has 4 atom stereocenters. The lowest BCUT2D eigenvalue weighted by molar-refractivity contribution is -0.139. The first-order valence-electron chi connectivity index (χ1n) is 14.2. The van der Waals surface area contributed by atoms with Crippen LogP contribution in [0.15, 0.2) is 78.9 Å². The molecule has 1 aliphatic carbocycles. The standard InChI is InChI=1S/C35H40O4/c1-22(2)29-20-30(27-16-14-26(15-17-27)25-10-6-5-7-11-25)34(28-12-8-9-13-28)39-35(29)33-24(4)18-23(3)19-31(33)38-21-32(36)37/h5-7,10-11,14-19,28-30,34-35H,1,8-9,12-13,20-21H2,2-4H3,(H,36,37)/t29-,30-,34+,35+/m0/s1. The van der Waals surface area contributed by atoms with Gasteiger partial charge >= 0.3 is 5.97 Å². The van der Waals surface area contributed by atoms with E-state index in [1.807, 2.05) is 19.1 Å². The highest BCUT2D eigenvalue weighted by Gasteiger charge is 2.44. The summed E-state index contributed by atoms with van der Waals surface area (Å²) in [4.78, 5) is 11.4. The number of aryl methyl sites for hydroxylation is 2. The Bertz CT molecular complexity index is 1300. The third-order valence-corrected chi connectivity index (χ3v) is 8.65. The lowest BCUT2D eigenvalue weighted by Crippen LogP contribution is -2.40. The summed E-state index contributed by atoms with van der Waals surface area (Å²) >= 11 is 0. The zero-order chi connectivity index (χ0) is 27.5. The molecule has 1 saturated heterocycles. The maximum Gasteiger partial charge on any atom is 0.341 e. The summed E-state index contributed by atoms with van der Waals surface area (Å²) in [7, 11) is 0. The third-order valence-electron chi connectivity index (χ3n) is 8.65. The molecule has 2 fully saturated rings. The molecule has 5 rings (SSSR count). The molecule has 39 heavy (non-hydrogen) atoms. The van der Waals surface area contributed by atoms with E-state index < -0.39 is 5.97 Å². The van der Waals surface area contributed by atoms with E-state index >= 15 is 0 Å². The van der Waals surface area contributed by atoms with Crippen molar-refractivity contribution in [2.75, 3.05) is 6.61 Å². The first-order valence-corrected chi connectivity index (χ1v) is 14.2. The van der Waals surface area contributed by atoms with Gasteiger partial charge in [-0.05, 0) is 79.8 Å². The lowest BCUT2D eigenvalue weighted by atomic mass is 9.72. The van der Waals surface area contributed by atoms with Gasteiger partial charge in [0.05, 0.1) is 12.2 Å². The smallest absolute Gasteiger partial charge is 0.341 e. The monoisotopic (exact) mass is 524 g/mol. The molecule has 4 heteroatoms. The Morgan fingerprint density at radius 3 is 2.31 bits per heavy atom. The summed E-state index contributed by atoms with van der Waals surface area (Å²) in [5.74, 6) is 0.498. The first-order chi connectivity index (χ1) is 18.8. The maximum absolute atomic E-state index is 11.4. The van der Waals surface area contributed by atoms with Crippen molar-refractivity contribution in [1.82, 2.24) is 0 Å². The zero-order valence-corrected chi connectivity index (χ0v) is 23.4. The number of carboxylic acids is 1. The molecule has 2 aliphatic rings. The summed E-state index contributed by atoms with van der Waals surface area (Å²) in [5.41, 5.74) is 7.93. The number of rotatable bonds is 8. The predicted octanol–water partition coefficient (Wildman–Crippen LogP) is 8.43. The molecule has 204 valence electrons. The average molecular weight is 525 g/mol. The number of aliphatic carboxylic acids is 1. The predicted molar refractivity (Wildman–Crippen MR) is 156 cm³/mol. The SMILES string of the molecule is C=C(C)[C@@H]1C[C@@H](c2ccc(-c3ccccc3)cc2)[C@@H](C2CCCC2)O[C@H]1c1c(C)cc(C)cc1OCC(=O)O. The zero-order valence-electron chi connectivity index (χ0n) is 23.4. The van der Waals surface area contributed by atoms with Crippen molar-refractivity contribution < 1.29 is 19.4 Å². The Labute approximate surface area is 232 Å². The van der Waals surface area contributed by atoms with Crippen molar-refractivity contribution >= 4 is 5.97 Å². The molecular weight excluding hydrogens is 484 g/mol. The first kappa shape index (κ1) is 27.2. The maximum atomic E-state index is 11.4. The number of carbonyl (C=O) groups is 1. The minimum Gasteiger partial charge on any atom is -0.482 e. The molecule has 1 N–H and O–H groups in total. The van der Waals surface area contributed by atoms with Crippen LogP contribution in [0.25, 0.3) is 11.1 Å². The van der Waals surface area contributed by atoms with Gasteiger partial charge in [0.15, 0.2) is 6.61 Å². The van der Waals surface area contributed by atoms with E-state index in [0.717, 1.165) is 28.7 Å². The van der Waals surface area contributed by atoms with E-state index in [0.29, 0.717) is 11.7 Å². The van der Waals surface area contributed by atoms with Crippen molar-refractivity contribution in [2.45, 2.75) is 71.0 Å². The third kappa shape index (κ3) is 5.96.